The number of terminal acetylenes is 1. The summed E-state index contributed by atoms with van der Waals surface area (Å²) in [6, 6.07) is 7.01. The number of benzene rings is 1. The van der Waals surface area contributed by atoms with Crippen LogP contribution in [0.1, 0.15) is 36.0 Å². The molecule has 0 aromatic heterocycles. The molecule has 5 nitrogen and oxygen atoms in total. The number of hydrogen-bond donors (Lipinski definition) is 1. The highest BCUT2D eigenvalue weighted by atomic mass is 16.5. The van der Waals surface area contributed by atoms with Crippen molar-refractivity contribution >= 4 is 11.8 Å². The van der Waals surface area contributed by atoms with Gasteiger partial charge in [0, 0.05) is 11.6 Å². The van der Waals surface area contributed by atoms with Crippen LogP contribution in [0.25, 0.3) is 0 Å². The predicted molar refractivity (Wildman–Crippen MR) is 88.1 cm³/mol. The lowest BCUT2D eigenvalue weighted by molar-refractivity contribution is -0.131. The molecule has 5 heteroatoms. The third-order valence-electron chi connectivity index (χ3n) is 4.08. The Labute approximate surface area is 137 Å². The molecular weight excluding hydrogens is 292 g/mol. The molecule has 0 unspecified atom stereocenters. The van der Waals surface area contributed by atoms with E-state index in [2.05, 4.69) is 11.2 Å². The van der Waals surface area contributed by atoms with Crippen molar-refractivity contribution in [1.82, 2.24) is 10.2 Å². The van der Waals surface area contributed by atoms with Crippen LogP contribution in [-0.2, 0) is 4.79 Å². The monoisotopic (exact) mass is 314 g/mol. The first-order valence-corrected chi connectivity index (χ1v) is 7.81. The molecule has 1 fully saturated rings. The van der Waals surface area contributed by atoms with Gasteiger partial charge in [0.25, 0.3) is 5.91 Å². The summed E-state index contributed by atoms with van der Waals surface area (Å²) in [6.45, 7) is 0.243. The van der Waals surface area contributed by atoms with Gasteiger partial charge in [0.2, 0.25) is 5.91 Å². The minimum atomic E-state index is -0.302. The average molecular weight is 314 g/mol. The zero-order chi connectivity index (χ0) is 16.7. The Balaban J connectivity index is 1.93. The molecular formula is C18H22N2O3. The van der Waals surface area contributed by atoms with E-state index in [9.17, 15) is 9.59 Å². The Morgan fingerprint density at radius 1 is 1.39 bits per heavy atom. The Kier molecular flexibility index (Phi) is 6.04. The van der Waals surface area contributed by atoms with Crippen LogP contribution in [0, 0.1) is 12.3 Å². The molecule has 0 bridgehead atoms. The largest absolute Gasteiger partial charge is 0.497 e. The molecule has 0 spiro atoms. The van der Waals surface area contributed by atoms with Crippen LogP contribution in [-0.4, -0.2) is 43.0 Å². The highest BCUT2D eigenvalue weighted by Gasteiger charge is 2.26. The van der Waals surface area contributed by atoms with Crippen molar-refractivity contribution < 1.29 is 14.3 Å². The van der Waals surface area contributed by atoms with Gasteiger partial charge in [-0.15, -0.1) is 6.42 Å². The number of amides is 2. The van der Waals surface area contributed by atoms with Gasteiger partial charge in [0.15, 0.2) is 0 Å². The average Bonchev–Trinajstić information content (AvgIpc) is 3.11. The van der Waals surface area contributed by atoms with E-state index >= 15 is 0 Å². The molecule has 0 radical (unpaired) electrons. The Morgan fingerprint density at radius 2 is 2.13 bits per heavy atom. The molecule has 1 aliphatic rings. The van der Waals surface area contributed by atoms with E-state index in [4.69, 9.17) is 11.2 Å². The van der Waals surface area contributed by atoms with Crippen LogP contribution in [0.4, 0.5) is 0 Å². The van der Waals surface area contributed by atoms with Gasteiger partial charge in [-0.2, -0.15) is 0 Å². The number of carbonyl (C=O) groups is 2. The second kappa shape index (κ2) is 8.23. The molecule has 0 atom stereocenters. The molecule has 23 heavy (non-hydrogen) atoms. The highest BCUT2D eigenvalue weighted by molar-refractivity contribution is 5.96. The molecule has 2 rings (SSSR count). The van der Waals surface area contributed by atoms with Crippen molar-refractivity contribution in [1.29, 1.82) is 0 Å². The van der Waals surface area contributed by atoms with Gasteiger partial charge in [-0.05, 0) is 31.0 Å². The molecule has 1 aromatic rings. The van der Waals surface area contributed by atoms with Crippen LogP contribution >= 0.6 is 0 Å². The third kappa shape index (κ3) is 4.49. The van der Waals surface area contributed by atoms with E-state index in [0.717, 1.165) is 25.7 Å². The summed E-state index contributed by atoms with van der Waals surface area (Å²) in [6.07, 6.45) is 9.58. The van der Waals surface area contributed by atoms with Crippen molar-refractivity contribution in [3.8, 4) is 18.1 Å². The first-order chi connectivity index (χ1) is 11.2. The minimum Gasteiger partial charge on any atom is -0.497 e. The van der Waals surface area contributed by atoms with Crippen LogP contribution in [0.15, 0.2) is 24.3 Å². The van der Waals surface area contributed by atoms with E-state index < -0.39 is 0 Å². The zero-order valence-electron chi connectivity index (χ0n) is 13.4. The molecule has 0 saturated heterocycles. The number of hydrogen-bond acceptors (Lipinski definition) is 3. The van der Waals surface area contributed by atoms with Crippen molar-refractivity contribution in [2.24, 2.45) is 0 Å². The van der Waals surface area contributed by atoms with E-state index in [1.54, 1.807) is 36.3 Å². The lowest BCUT2D eigenvalue weighted by Gasteiger charge is -2.27. The maximum Gasteiger partial charge on any atom is 0.251 e. The second-order valence-corrected chi connectivity index (χ2v) is 5.58. The highest BCUT2D eigenvalue weighted by Crippen LogP contribution is 2.23. The van der Waals surface area contributed by atoms with Gasteiger partial charge in [0.05, 0.1) is 20.2 Å². The molecule has 0 heterocycles. The Hall–Kier alpha value is -2.48. The number of carbonyl (C=O) groups excluding carboxylic acids is 2. The van der Waals surface area contributed by atoms with Crippen LogP contribution in [0.2, 0.25) is 0 Å². The van der Waals surface area contributed by atoms with Crippen molar-refractivity contribution in [3.63, 3.8) is 0 Å². The van der Waals surface area contributed by atoms with Gasteiger partial charge in [-0.25, -0.2) is 0 Å². The molecule has 122 valence electrons. The molecule has 1 saturated carbocycles. The number of rotatable bonds is 6. The summed E-state index contributed by atoms with van der Waals surface area (Å²) in [5, 5.41) is 2.66. The normalized spacial score (nSPS) is 14.1. The van der Waals surface area contributed by atoms with Crippen molar-refractivity contribution in [3.05, 3.63) is 29.8 Å². The minimum absolute atomic E-state index is 0.0474. The fraction of sp³-hybridized carbons (Fsp3) is 0.444. The lowest BCUT2D eigenvalue weighted by Crippen LogP contribution is -2.45. The summed E-state index contributed by atoms with van der Waals surface area (Å²) in [4.78, 5) is 26.2. The standard InChI is InChI=1S/C18H22N2O3/c1-3-11-20(15-8-4-5-9-15)17(21)13-19-18(22)14-7-6-10-16(12-14)23-2/h1,6-7,10,12,15H,4-5,8-9,11,13H2,2H3,(H,19,22). The van der Waals surface area contributed by atoms with E-state index in [1.807, 2.05) is 0 Å². The number of nitrogens with one attached hydrogen (secondary N) is 1. The maximum absolute atomic E-state index is 12.4. The zero-order valence-corrected chi connectivity index (χ0v) is 13.4. The summed E-state index contributed by atoms with van der Waals surface area (Å²) in [5.41, 5.74) is 0.460. The summed E-state index contributed by atoms with van der Waals surface area (Å²) < 4.78 is 5.09. The van der Waals surface area contributed by atoms with Crippen molar-refractivity contribution in [2.75, 3.05) is 20.2 Å². The smallest absolute Gasteiger partial charge is 0.251 e. The van der Waals surface area contributed by atoms with E-state index in [0.29, 0.717) is 17.9 Å². The Morgan fingerprint density at radius 3 is 2.78 bits per heavy atom. The van der Waals surface area contributed by atoms with E-state index in [1.165, 1.54) is 0 Å². The maximum atomic E-state index is 12.4. The van der Waals surface area contributed by atoms with Crippen molar-refractivity contribution in [2.45, 2.75) is 31.7 Å². The summed E-state index contributed by atoms with van der Waals surface area (Å²) in [5.74, 6) is 2.70. The molecule has 0 aliphatic heterocycles. The van der Waals surface area contributed by atoms with Crippen LogP contribution < -0.4 is 10.1 Å². The number of ether oxygens (including phenoxy) is 1. The van der Waals surface area contributed by atoms with Gasteiger partial charge in [0.1, 0.15) is 5.75 Å². The SMILES string of the molecule is C#CCN(C(=O)CNC(=O)c1cccc(OC)c1)C1CCCC1. The van der Waals surface area contributed by atoms with Crippen LogP contribution in [0.3, 0.4) is 0 Å². The lowest BCUT2D eigenvalue weighted by atomic mass is 10.2. The topological polar surface area (TPSA) is 58.6 Å². The predicted octanol–water partition coefficient (Wildman–Crippen LogP) is 1.83. The van der Waals surface area contributed by atoms with Gasteiger partial charge < -0.3 is 15.0 Å². The fourth-order valence-corrected chi connectivity index (χ4v) is 2.86. The molecule has 1 aromatic carbocycles. The van der Waals surface area contributed by atoms with Gasteiger partial charge in [-0.1, -0.05) is 24.8 Å². The summed E-state index contributed by atoms with van der Waals surface area (Å²) >= 11 is 0. The fourth-order valence-electron chi connectivity index (χ4n) is 2.86. The quantitative estimate of drug-likeness (QED) is 0.815. The van der Waals surface area contributed by atoms with Crippen LogP contribution in [0.5, 0.6) is 5.75 Å². The molecule has 2 amide bonds. The van der Waals surface area contributed by atoms with Gasteiger partial charge in [-0.3, -0.25) is 9.59 Å². The third-order valence-corrected chi connectivity index (χ3v) is 4.08. The first kappa shape index (κ1) is 16.9. The number of methoxy groups -OCH3 is 1. The number of nitrogens with zero attached hydrogens (tertiary/aromatic N) is 1. The second-order valence-electron chi connectivity index (χ2n) is 5.58. The molecule has 1 aliphatic carbocycles. The van der Waals surface area contributed by atoms with E-state index in [-0.39, 0.29) is 24.4 Å². The Bertz CT molecular complexity index is 601. The summed E-state index contributed by atoms with van der Waals surface area (Å²) in [7, 11) is 1.54. The molecule has 1 N–H and O–H groups in total. The first-order valence-electron chi connectivity index (χ1n) is 7.81. The van der Waals surface area contributed by atoms with Gasteiger partial charge >= 0.3 is 0 Å².